The van der Waals surface area contributed by atoms with E-state index in [4.69, 9.17) is 9.47 Å². The first kappa shape index (κ1) is 14.4. The summed E-state index contributed by atoms with van der Waals surface area (Å²) in [5.74, 6) is 1.43. The largest absolute Gasteiger partial charge is 0.497 e. The zero-order valence-electron chi connectivity index (χ0n) is 12.9. The number of rotatable bonds is 4. The van der Waals surface area contributed by atoms with Gasteiger partial charge >= 0.3 is 0 Å². The minimum absolute atomic E-state index is 0.314. The molecule has 0 saturated carbocycles. The van der Waals surface area contributed by atoms with Crippen LogP contribution in [0.2, 0.25) is 0 Å². The van der Waals surface area contributed by atoms with Gasteiger partial charge in [-0.15, -0.1) is 0 Å². The molecule has 1 N–H and O–H groups in total. The third kappa shape index (κ3) is 2.76. The summed E-state index contributed by atoms with van der Waals surface area (Å²) >= 11 is 0. The van der Waals surface area contributed by atoms with E-state index in [2.05, 4.69) is 42.6 Å². The molecule has 1 aliphatic rings. The van der Waals surface area contributed by atoms with E-state index in [1.807, 2.05) is 13.1 Å². The van der Waals surface area contributed by atoms with Gasteiger partial charge in [-0.2, -0.15) is 0 Å². The van der Waals surface area contributed by atoms with Gasteiger partial charge in [0.2, 0.25) is 0 Å². The van der Waals surface area contributed by atoms with E-state index >= 15 is 0 Å². The predicted molar refractivity (Wildman–Crippen MR) is 85.8 cm³/mol. The van der Waals surface area contributed by atoms with Gasteiger partial charge in [-0.05, 0) is 54.9 Å². The highest BCUT2D eigenvalue weighted by Gasteiger charge is 2.31. The van der Waals surface area contributed by atoms with Crippen molar-refractivity contribution in [3.63, 3.8) is 0 Å². The van der Waals surface area contributed by atoms with Gasteiger partial charge in [-0.3, -0.25) is 0 Å². The van der Waals surface area contributed by atoms with E-state index in [0.717, 1.165) is 18.8 Å². The molecule has 0 radical (unpaired) electrons. The maximum atomic E-state index is 5.73. The van der Waals surface area contributed by atoms with E-state index < -0.39 is 0 Å². The lowest BCUT2D eigenvalue weighted by molar-refractivity contribution is 0.0963. The van der Waals surface area contributed by atoms with Gasteiger partial charge in [-0.1, -0.05) is 18.2 Å². The van der Waals surface area contributed by atoms with Crippen LogP contribution in [0.1, 0.15) is 24.9 Å². The molecule has 1 fully saturated rings. The van der Waals surface area contributed by atoms with E-state index in [0.29, 0.717) is 18.1 Å². The molecule has 3 unspecified atom stereocenters. The van der Waals surface area contributed by atoms with Crippen LogP contribution in [-0.4, -0.2) is 26.9 Å². The Hall–Kier alpha value is -1.58. The van der Waals surface area contributed by atoms with E-state index in [9.17, 15) is 0 Å². The Morgan fingerprint density at radius 3 is 2.62 bits per heavy atom. The van der Waals surface area contributed by atoms with Crippen molar-refractivity contribution in [1.82, 2.24) is 5.32 Å². The maximum Gasteiger partial charge on any atom is 0.119 e. The molecule has 2 aromatic carbocycles. The summed E-state index contributed by atoms with van der Waals surface area (Å²) in [6.07, 6.45) is 1.43. The molecule has 3 rings (SSSR count). The summed E-state index contributed by atoms with van der Waals surface area (Å²) in [7, 11) is 3.74. The van der Waals surface area contributed by atoms with E-state index in [1.165, 1.54) is 16.3 Å². The first-order valence-corrected chi connectivity index (χ1v) is 7.59. The Morgan fingerprint density at radius 2 is 1.95 bits per heavy atom. The summed E-state index contributed by atoms with van der Waals surface area (Å²) in [4.78, 5) is 0. The lowest BCUT2D eigenvalue weighted by Crippen LogP contribution is -2.29. The van der Waals surface area contributed by atoms with Crippen LogP contribution in [-0.2, 0) is 4.74 Å². The third-order valence-corrected chi connectivity index (χ3v) is 4.60. The van der Waals surface area contributed by atoms with Crippen LogP contribution < -0.4 is 10.1 Å². The van der Waals surface area contributed by atoms with Crippen LogP contribution in [0.25, 0.3) is 10.8 Å². The number of methoxy groups -OCH3 is 1. The fraction of sp³-hybridized carbons (Fsp3) is 0.444. The number of hydrogen-bond acceptors (Lipinski definition) is 3. The van der Waals surface area contributed by atoms with Crippen LogP contribution >= 0.6 is 0 Å². The summed E-state index contributed by atoms with van der Waals surface area (Å²) < 4.78 is 11.0. The topological polar surface area (TPSA) is 30.5 Å². The number of fused-ring (bicyclic) bond motifs is 1. The van der Waals surface area contributed by atoms with Gasteiger partial charge in [0.25, 0.3) is 0 Å². The molecule has 0 aliphatic carbocycles. The summed E-state index contributed by atoms with van der Waals surface area (Å²) in [5, 5.41) is 5.94. The fourth-order valence-corrected chi connectivity index (χ4v) is 3.38. The number of benzene rings is 2. The summed E-state index contributed by atoms with van der Waals surface area (Å²) in [5.41, 5.74) is 1.33. The molecule has 0 aromatic heterocycles. The minimum atomic E-state index is 0.314. The summed E-state index contributed by atoms with van der Waals surface area (Å²) in [6.45, 7) is 3.04. The highest BCUT2D eigenvalue weighted by molar-refractivity contribution is 5.84. The molecule has 112 valence electrons. The Balaban J connectivity index is 1.95. The Bertz CT molecular complexity index is 626. The van der Waals surface area contributed by atoms with Gasteiger partial charge in [0.05, 0.1) is 13.2 Å². The standard InChI is InChI=1S/C18H23NO2/c1-12-17(8-9-21-12)18(19-2)15-5-4-14-11-16(20-3)7-6-13(14)10-15/h4-7,10-12,17-19H,8-9H2,1-3H3. The molecule has 1 saturated heterocycles. The highest BCUT2D eigenvalue weighted by Crippen LogP contribution is 2.34. The molecule has 3 nitrogen and oxygen atoms in total. The van der Waals surface area contributed by atoms with Crippen molar-refractivity contribution in [1.29, 1.82) is 0 Å². The average Bonchev–Trinajstić information content (AvgIpc) is 2.93. The number of nitrogens with one attached hydrogen (secondary N) is 1. The fourth-order valence-electron chi connectivity index (χ4n) is 3.38. The molecule has 0 bridgehead atoms. The highest BCUT2D eigenvalue weighted by atomic mass is 16.5. The number of hydrogen-bond donors (Lipinski definition) is 1. The SMILES string of the molecule is CNC(c1ccc2cc(OC)ccc2c1)C1CCOC1C. The first-order valence-electron chi connectivity index (χ1n) is 7.59. The quantitative estimate of drug-likeness (QED) is 0.932. The van der Waals surface area contributed by atoms with Crippen molar-refractivity contribution in [3.8, 4) is 5.75 Å². The van der Waals surface area contributed by atoms with Crippen molar-refractivity contribution in [3.05, 3.63) is 42.0 Å². The van der Waals surface area contributed by atoms with Crippen LogP contribution in [0, 0.1) is 5.92 Å². The Kier molecular flexibility index (Phi) is 4.13. The Labute approximate surface area is 126 Å². The van der Waals surface area contributed by atoms with Crippen molar-refractivity contribution in [2.75, 3.05) is 20.8 Å². The second kappa shape index (κ2) is 6.04. The molecule has 0 amide bonds. The molecule has 3 atom stereocenters. The van der Waals surface area contributed by atoms with Crippen molar-refractivity contribution in [2.45, 2.75) is 25.5 Å². The summed E-state index contributed by atoms with van der Waals surface area (Å²) in [6, 6.07) is 13.2. The van der Waals surface area contributed by atoms with Gasteiger partial charge in [0.1, 0.15) is 5.75 Å². The molecule has 1 heterocycles. The first-order chi connectivity index (χ1) is 10.2. The predicted octanol–water partition coefficient (Wildman–Crippen LogP) is 3.53. The third-order valence-electron chi connectivity index (χ3n) is 4.60. The number of ether oxygens (including phenoxy) is 2. The zero-order chi connectivity index (χ0) is 14.8. The van der Waals surface area contributed by atoms with Gasteiger partial charge < -0.3 is 14.8 Å². The second-order valence-electron chi connectivity index (χ2n) is 5.77. The lowest BCUT2D eigenvalue weighted by Gasteiger charge is -2.26. The smallest absolute Gasteiger partial charge is 0.119 e. The van der Waals surface area contributed by atoms with Crippen molar-refractivity contribution >= 4 is 10.8 Å². The minimum Gasteiger partial charge on any atom is -0.497 e. The van der Waals surface area contributed by atoms with Crippen molar-refractivity contribution in [2.24, 2.45) is 5.92 Å². The average molecular weight is 285 g/mol. The van der Waals surface area contributed by atoms with Crippen LogP contribution in [0.3, 0.4) is 0 Å². The van der Waals surface area contributed by atoms with Crippen molar-refractivity contribution < 1.29 is 9.47 Å². The molecule has 0 spiro atoms. The normalized spacial score (nSPS) is 23.4. The van der Waals surface area contributed by atoms with Gasteiger partial charge in [0.15, 0.2) is 0 Å². The molecule has 3 heteroatoms. The molecular formula is C18H23NO2. The van der Waals surface area contributed by atoms with E-state index in [-0.39, 0.29) is 0 Å². The Morgan fingerprint density at radius 1 is 1.19 bits per heavy atom. The van der Waals surface area contributed by atoms with Crippen LogP contribution in [0.4, 0.5) is 0 Å². The van der Waals surface area contributed by atoms with Gasteiger partial charge in [0, 0.05) is 18.6 Å². The molecule has 21 heavy (non-hydrogen) atoms. The zero-order valence-corrected chi connectivity index (χ0v) is 12.9. The molecular weight excluding hydrogens is 262 g/mol. The van der Waals surface area contributed by atoms with E-state index in [1.54, 1.807) is 7.11 Å². The van der Waals surface area contributed by atoms with Crippen LogP contribution in [0.15, 0.2) is 36.4 Å². The monoisotopic (exact) mass is 285 g/mol. The lowest BCUT2D eigenvalue weighted by atomic mass is 9.87. The maximum absolute atomic E-state index is 5.73. The van der Waals surface area contributed by atoms with Crippen LogP contribution in [0.5, 0.6) is 5.75 Å². The molecule has 2 aromatic rings. The van der Waals surface area contributed by atoms with Gasteiger partial charge in [-0.25, -0.2) is 0 Å². The molecule has 1 aliphatic heterocycles. The second-order valence-corrected chi connectivity index (χ2v) is 5.77.